The van der Waals surface area contributed by atoms with Gasteiger partial charge in [0.15, 0.2) is 5.82 Å². The predicted octanol–water partition coefficient (Wildman–Crippen LogP) is 4.74. The largest absolute Gasteiger partial charge is 0.508 e. The molecular formula is C35H32F2N6O2. The fourth-order valence-corrected chi connectivity index (χ4v) is 8.09. The van der Waals surface area contributed by atoms with Crippen LogP contribution in [0, 0.1) is 36.3 Å². The number of phenols is 1. The zero-order valence-corrected chi connectivity index (χ0v) is 24.7. The number of hydrogen-bond donors (Lipinski definition) is 2. The number of ether oxygens (including phenoxy) is 1. The zero-order chi connectivity index (χ0) is 30.9. The number of hydrogen-bond acceptors (Lipinski definition) is 8. The first-order valence-corrected chi connectivity index (χ1v) is 15.6. The minimum atomic E-state index is -0.781. The first-order chi connectivity index (χ1) is 21.9. The van der Waals surface area contributed by atoms with Gasteiger partial charge in [0.1, 0.15) is 40.9 Å². The van der Waals surface area contributed by atoms with Crippen LogP contribution in [0.3, 0.4) is 0 Å². The van der Waals surface area contributed by atoms with E-state index in [4.69, 9.17) is 22.6 Å². The molecule has 0 saturated carbocycles. The van der Waals surface area contributed by atoms with E-state index in [1.807, 2.05) is 0 Å². The van der Waals surface area contributed by atoms with Crippen LogP contribution >= 0.6 is 0 Å². The Bertz CT molecular complexity index is 1940. The van der Waals surface area contributed by atoms with Gasteiger partial charge in [0.25, 0.3) is 0 Å². The molecule has 4 saturated heterocycles. The number of halogens is 2. The van der Waals surface area contributed by atoms with Crippen LogP contribution in [-0.2, 0) is 0 Å². The van der Waals surface area contributed by atoms with Gasteiger partial charge >= 0.3 is 6.01 Å². The fraction of sp³-hybridized carbons (Fsp3) is 0.400. The summed E-state index contributed by atoms with van der Waals surface area (Å²) < 4.78 is 38.2. The normalized spacial score (nSPS) is 22.1. The Balaban J connectivity index is 1.34. The molecule has 2 N–H and O–H groups in total. The SMILES string of the molecule is C#Cc1c(F)ccc2cc(O)cc(-c3nc(C#C)c4c(N5C[C@H]6CC[C@@H](C5)N6)nc(OCC56CCCN5CCC6)nc4c3F)c12. The Morgan fingerprint density at radius 1 is 1.00 bits per heavy atom. The summed E-state index contributed by atoms with van der Waals surface area (Å²) in [7, 11) is 0. The Morgan fingerprint density at radius 2 is 1.76 bits per heavy atom. The van der Waals surface area contributed by atoms with Crippen LogP contribution in [-0.4, -0.2) is 75.4 Å². The molecule has 228 valence electrons. The van der Waals surface area contributed by atoms with E-state index in [1.54, 1.807) is 0 Å². The molecule has 4 aliphatic heterocycles. The van der Waals surface area contributed by atoms with Crippen molar-refractivity contribution >= 4 is 27.5 Å². The number of nitrogens with one attached hydrogen (secondary N) is 1. The summed E-state index contributed by atoms with van der Waals surface area (Å²) in [5.41, 5.74) is -0.101. The van der Waals surface area contributed by atoms with Crippen molar-refractivity contribution in [1.29, 1.82) is 0 Å². The molecule has 2 bridgehead atoms. The fourth-order valence-electron chi connectivity index (χ4n) is 8.09. The van der Waals surface area contributed by atoms with Crippen LogP contribution < -0.4 is 15.0 Å². The molecule has 2 aromatic carbocycles. The highest BCUT2D eigenvalue weighted by atomic mass is 19.1. The van der Waals surface area contributed by atoms with Crippen LogP contribution in [0.15, 0.2) is 24.3 Å². The van der Waals surface area contributed by atoms with Gasteiger partial charge < -0.3 is 20.1 Å². The number of piperazine rings is 1. The van der Waals surface area contributed by atoms with Crippen molar-refractivity contribution in [2.24, 2.45) is 0 Å². The lowest BCUT2D eigenvalue weighted by Gasteiger charge is -2.35. The quantitative estimate of drug-likeness (QED) is 0.315. The van der Waals surface area contributed by atoms with E-state index >= 15 is 4.39 Å². The standard InChI is InChI=1S/C35H32F2N6O2/c1-3-24-26(36)10-7-20-15-23(44)16-25(28(20)24)31-30(37)32-29(27(4-2)39-31)33(42-17-21-8-9-22(18-42)38-21)41-34(40-32)45-19-35-11-5-13-43(35)14-6-12-35/h1-2,7,10,15-16,21-22,38,44H,5-6,8-9,11-14,17-19H2/t21-,22+. The number of nitrogens with zero attached hydrogens (tertiary/aromatic N) is 5. The number of aromatic hydroxyl groups is 1. The van der Waals surface area contributed by atoms with Crippen molar-refractivity contribution in [3.05, 3.63) is 47.2 Å². The molecule has 0 spiro atoms. The third-order valence-corrected chi connectivity index (χ3v) is 10.1. The first kappa shape index (κ1) is 28.0. The lowest BCUT2D eigenvalue weighted by Crippen LogP contribution is -2.51. The number of fused-ring (bicyclic) bond motifs is 5. The monoisotopic (exact) mass is 606 g/mol. The number of anilines is 1. The third-order valence-electron chi connectivity index (χ3n) is 10.1. The Morgan fingerprint density at radius 3 is 2.47 bits per heavy atom. The van der Waals surface area contributed by atoms with Crippen LogP contribution in [0.4, 0.5) is 14.6 Å². The maximum atomic E-state index is 17.0. The van der Waals surface area contributed by atoms with Gasteiger partial charge in [0, 0.05) is 36.1 Å². The van der Waals surface area contributed by atoms with E-state index < -0.39 is 11.6 Å². The predicted molar refractivity (Wildman–Crippen MR) is 168 cm³/mol. The number of rotatable bonds is 5. The molecule has 8 nitrogen and oxygen atoms in total. The van der Waals surface area contributed by atoms with E-state index in [-0.39, 0.29) is 62.8 Å². The smallest absolute Gasteiger partial charge is 0.319 e. The van der Waals surface area contributed by atoms with Crippen molar-refractivity contribution in [2.45, 2.75) is 56.1 Å². The van der Waals surface area contributed by atoms with Crippen molar-refractivity contribution < 1.29 is 18.6 Å². The molecule has 0 radical (unpaired) electrons. The summed E-state index contributed by atoms with van der Waals surface area (Å²) in [4.78, 5) is 18.7. The molecule has 45 heavy (non-hydrogen) atoms. The van der Waals surface area contributed by atoms with Crippen LogP contribution in [0.25, 0.3) is 32.9 Å². The molecule has 2 aromatic heterocycles. The summed E-state index contributed by atoms with van der Waals surface area (Å²) in [5, 5.41) is 15.2. The van der Waals surface area contributed by atoms with E-state index in [9.17, 15) is 9.50 Å². The van der Waals surface area contributed by atoms with Crippen molar-refractivity contribution in [3.8, 4) is 47.7 Å². The highest BCUT2D eigenvalue weighted by Gasteiger charge is 2.45. The molecule has 0 unspecified atom stereocenters. The van der Waals surface area contributed by atoms with Crippen LogP contribution in [0.2, 0.25) is 0 Å². The lowest BCUT2D eigenvalue weighted by atomic mass is 9.95. The van der Waals surface area contributed by atoms with Gasteiger partial charge in [-0.3, -0.25) is 4.90 Å². The molecule has 0 aliphatic carbocycles. The second-order valence-corrected chi connectivity index (χ2v) is 12.7. The maximum Gasteiger partial charge on any atom is 0.319 e. The highest BCUT2D eigenvalue weighted by Crippen LogP contribution is 2.42. The second kappa shape index (κ2) is 10.5. The summed E-state index contributed by atoms with van der Waals surface area (Å²) in [6, 6.07) is 6.11. The van der Waals surface area contributed by atoms with Gasteiger partial charge in [-0.05, 0) is 81.1 Å². The Kier molecular flexibility index (Phi) is 6.56. The van der Waals surface area contributed by atoms with Crippen LogP contribution in [0.1, 0.15) is 49.8 Å². The summed E-state index contributed by atoms with van der Waals surface area (Å²) in [6.07, 6.45) is 18.1. The van der Waals surface area contributed by atoms with E-state index in [0.29, 0.717) is 36.3 Å². The average Bonchev–Trinajstić information content (AvgIpc) is 3.73. The molecular weight excluding hydrogens is 574 g/mol. The van der Waals surface area contributed by atoms with E-state index in [0.717, 1.165) is 51.6 Å². The minimum absolute atomic E-state index is 0.0406. The van der Waals surface area contributed by atoms with Gasteiger partial charge in [-0.25, -0.2) is 13.8 Å². The van der Waals surface area contributed by atoms with Gasteiger partial charge in [0.05, 0.1) is 16.5 Å². The minimum Gasteiger partial charge on any atom is -0.508 e. The van der Waals surface area contributed by atoms with E-state index in [1.165, 1.54) is 24.3 Å². The van der Waals surface area contributed by atoms with E-state index in [2.05, 4.69) is 36.9 Å². The molecule has 8 rings (SSSR count). The molecule has 4 aliphatic rings. The summed E-state index contributed by atoms with van der Waals surface area (Å²) >= 11 is 0. The number of phenolic OH excluding ortho intramolecular Hbond substituents is 1. The molecule has 0 amide bonds. The number of aromatic nitrogens is 3. The number of pyridine rings is 1. The van der Waals surface area contributed by atoms with Crippen molar-refractivity contribution in [1.82, 2.24) is 25.2 Å². The van der Waals surface area contributed by atoms with Gasteiger partial charge in [0.2, 0.25) is 0 Å². The Hall–Kier alpha value is -4.51. The van der Waals surface area contributed by atoms with Crippen molar-refractivity contribution in [3.63, 3.8) is 0 Å². The highest BCUT2D eigenvalue weighted by molar-refractivity contribution is 6.04. The lowest BCUT2D eigenvalue weighted by molar-refractivity contribution is 0.108. The van der Waals surface area contributed by atoms with Gasteiger partial charge in [-0.15, -0.1) is 12.8 Å². The molecule has 6 heterocycles. The first-order valence-electron chi connectivity index (χ1n) is 15.6. The van der Waals surface area contributed by atoms with Crippen LogP contribution in [0.5, 0.6) is 11.8 Å². The zero-order valence-electron chi connectivity index (χ0n) is 24.7. The molecule has 10 heteroatoms. The third kappa shape index (κ3) is 4.47. The number of terminal acetylenes is 2. The van der Waals surface area contributed by atoms with Gasteiger partial charge in [-0.1, -0.05) is 12.0 Å². The second-order valence-electron chi connectivity index (χ2n) is 12.7. The summed E-state index contributed by atoms with van der Waals surface area (Å²) in [5.74, 6) is 3.92. The maximum absolute atomic E-state index is 17.0. The summed E-state index contributed by atoms with van der Waals surface area (Å²) in [6.45, 7) is 3.85. The average molecular weight is 607 g/mol. The Labute approximate surface area is 259 Å². The molecule has 4 fully saturated rings. The van der Waals surface area contributed by atoms with Crippen molar-refractivity contribution in [2.75, 3.05) is 37.7 Å². The molecule has 4 aromatic rings. The number of benzene rings is 2. The topological polar surface area (TPSA) is 86.6 Å². The molecule has 2 atom stereocenters. The van der Waals surface area contributed by atoms with Gasteiger partial charge in [-0.2, -0.15) is 9.97 Å².